The molecule has 1 aromatic heterocycles. The number of hydrogen-bond acceptors (Lipinski definition) is 3. The molecule has 0 aliphatic rings. The molecule has 1 unspecified atom stereocenters. The van der Waals surface area contributed by atoms with E-state index in [1.54, 1.807) is 6.20 Å². The summed E-state index contributed by atoms with van der Waals surface area (Å²) in [4.78, 5) is 4.32. The van der Waals surface area contributed by atoms with Crippen molar-refractivity contribution in [3.05, 3.63) is 35.5 Å². The monoisotopic (exact) mass is 263 g/mol. The third-order valence-electron chi connectivity index (χ3n) is 3.30. The first-order chi connectivity index (χ1) is 8.40. The normalized spacial score (nSPS) is 13.6. The van der Waals surface area contributed by atoms with E-state index in [-0.39, 0.29) is 11.6 Å². The standard InChI is InChI=1S/C14H18ClN3/c1-9(16)14(2,3)18-12-6-7-17-13-8-10(15)4-5-11(12)13/h4-9H,16H2,1-3H3,(H,17,18). The topological polar surface area (TPSA) is 50.9 Å². The van der Waals surface area contributed by atoms with Gasteiger partial charge in [0.1, 0.15) is 0 Å². The average Bonchev–Trinajstić information content (AvgIpc) is 2.28. The van der Waals surface area contributed by atoms with Crippen molar-refractivity contribution in [2.75, 3.05) is 5.32 Å². The Balaban J connectivity index is 2.46. The van der Waals surface area contributed by atoms with E-state index in [0.29, 0.717) is 5.02 Å². The van der Waals surface area contributed by atoms with Crippen molar-refractivity contribution in [3.63, 3.8) is 0 Å². The summed E-state index contributed by atoms with van der Waals surface area (Å²) in [6, 6.07) is 7.70. The minimum Gasteiger partial charge on any atom is -0.378 e. The number of benzene rings is 1. The summed E-state index contributed by atoms with van der Waals surface area (Å²) in [5, 5.41) is 5.22. The van der Waals surface area contributed by atoms with Gasteiger partial charge in [0.15, 0.2) is 0 Å². The maximum absolute atomic E-state index is 5.99. The highest BCUT2D eigenvalue weighted by molar-refractivity contribution is 6.31. The lowest BCUT2D eigenvalue weighted by atomic mass is 9.96. The zero-order valence-corrected chi connectivity index (χ0v) is 11.6. The van der Waals surface area contributed by atoms with Crippen LogP contribution in [0.2, 0.25) is 5.02 Å². The molecule has 0 aliphatic heterocycles. The molecule has 0 aliphatic carbocycles. The SMILES string of the molecule is CC(N)C(C)(C)Nc1ccnc2cc(Cl)ccc12. The molecule has 0 bridgehead atoms. The minimum absolute atomic E-state index is 0.0352. The van der Waals surface area contributed by atoms with E-state index in [9.17, 15) is 0 Å². The molecule has 1 atom stereocenters. The van der Waals surface area contributed by atoms with Crippen LogP contribution in [0.1, 0.15) is 20.8 Å². The highest BCUT2D eigenvalue weighted by Gasteiger charge is 2.23. The van der Waals surface area contributed by atoms with Crippen molar-refractivity contribution >= 4 is 28.2 Å². The molecule has 4 heteroatoms. The van der Waals surface area contributed by atoms with Crippen molar-refractivity contribution < 1.29 is 0 Å². The first-order valence-electron chi connectivity index (χ1n) is 5.98. The predicted octanol–water partition coefficient (Wildman–Crippen LogP) is 3.43. The molecule has 0 radical (unpaired) electrons. The molecule has 3 nitrogen and oxygen atoms in total. The lowest BCUT2D eigenvalue weighted by Gasteiger charge is -2.32. The molecular formula is C14H18ClN3. The summed E-state index contributed by atoms with van der Waals surface area (Å²) in [6.45, 7) is 6.16. The van der Waals surface area contributed by atoms with E-state index < -0.39 is 0 Å². The molecule has 2 aromatic rings. The van der Waals surface area contributed by atoms with Crippen LogP contribution in [0.15, 0.2) is 30.5 Å². The molecule has 0 saturated carbocycles. The van der Waals surface area contributed by atoms with E-state index in [0.717, 1.165) is 16.6 Å². The van der Waals surface area contributed by atoms with Crippen molar-refractivity contribution in [3.8, 4) is 0 Å². The van der Waals surface area contributed by atoms with E-state index in [1.807, 2.05) is 31.2 Å². The third-order valence-corrected chi connectivity index (χ3v) is 3.54. The zero-order valence-electron chi connectivity index (χ0n) is 10.9. The molecule has 0 spiro atoms. The summed E-state index contributed by atoms with van der Waals surface area (Å²) < 4.78 is 0. The number of aromatic nitrogens is 1. The van der Waals surface area contributed by atoms with Crippen LogP contribution in [0.25, 0.3) is 10.9 Å². The van der Waals surface area contributed by atoms with Crippen molar-refractivity contribution in [2.45, 2.75) is 32.4 Å². The van der Waals surface area contributed by atoms with Gasteiger partial charge in [-0.05, 0) is 45.0 Å². The number of hydrogen-bond donors (Lipinski definition) is 2. The van der Waals surface area contributed by atoms with Gasteiger partial charge in [0.25, 0.3) is 0 Å². The lowest BCUT2D eigenvalue weighted by Crippen LogP contribution is -2.47. The van der Waals surface area contributed by atoms with Gasteiger partial charge in [0, 0.05) is 33.9 Å². The number of anilines is 1. The van der Waals surface area contributed by atoms with Crippen LogP contribution in [0.5, 0.6) is 0 Å². The Labute approximate surface area is 112 Å². The summed E-state index contributed by atoms with van der Waals surface area (Å²) in [5.74, 6) is 0. The fraction of sp³-hybridized carbons (Fsp3) is 0.357. The van der Waals surface area contributed by atoms with Gasteiger partial charge >= 0.3 is 0 Å². The highest BCUT2D eigenvalue weighted by atomic mass is 35.5. The Kier molecular flexibility index (Phi) is 3.46. The number of nitrogens with zero attached hydrogens (tertiary/aromatic N) is 1. The molecular weight excluding hydrogens is 246 g/mol. The summed E-state index contributed by atoms with van der Waals surface area (Å²) >= 11 is 5.97. The maximum Gasteiger partial charge on any atom is 0.0737 e. The second kappa shape index (κ2) is 4.75. The number of nitrogens with two attached hydrogens (primary N) is 1. The molecule has 2 rings (SSSR count). The second-order valence-electron chi connectivity index (χ2n) is 5.16. The fourth-order valence-corrected chi connectivity index (χ4v) is 1.86. The number of fused-ring (bicyclic) bond motifs is 1. The summed E-state index contributed by atoms with van der Waals surface area (Å²) in [7, 11) is 0. The van der Waals surface area contributed by atoms with Crippen molar-refractivity contribution in [1.29, 1.82) is 0 Å². The number of nitrogens with one attached hydrogen (secondary N) is 1. The van der Waals surface area contributed by atoms with E-state index in [1.165, 1.54) is 0 Å². The Morgan fingerprint density at radius 2 is 2.06 bits per heavy atom. The molecule has 0 amide bonds. The van der Waals surface area contributed by atoms with Crippen LogP contribution < -0.4 is 11.1 Å². The van der Waals surface area contributed by atoms with Gasteiger partial charge in [-0.25, -0.2) is 0 Å². The van der Waals surface area contributed by atoms with Gasteiger partial charge in [-0.1, -0.05) is 11.6 Å². The molecule has 96 valence electrons. The largest absolute Gasteiger partial charge is 0.378 e. The van der Waals surface area contributed by atoms with E-state index in [2.05, 4.69) is 24.1 Å². The zero-order chi connectivity index (χ0) is 13.3. The van der Waals surface area contributed by atoms with Gasteiger partial charge in [-0.15, -0.1) is 0 Å². The highest BCUT2D eigenvalue weighted by Crippen LogP contribution is 2.27. The number of pyridine rings is 1. The van der Waals surface area contributed by atoms with Gasteiger partial charge in [-0.2, -0.15) is 0 Å². The van der Waals surface area contributed by atoms with Crippen molar-refractivity contribution in [1.82, 2.24) is 4.98 Å². The Bertz CT molecular complexity index is 564. The van der Waals surface area contributed by atoms with Crippen LogP contribution in [0.3, 0.4) is 0 Å². The Morgan fingerprint density at radius 1 is 1.33 bits per heavy atom. The van der Waals surface area contributed by atoms with Gasteiger partial charge in [-0.3, -0.25) is 4.98 Å². The summed E-state index contributed by atoms with van der Waals surface area (Å²) in [5.41, 5.74) is 7.71. The predicted molar refractivity (Wildman–Crippen MR) is 78.1 cm³/mol. The third kappa shape index (κ3) is 2.57. The molecule has 18 heavy (non-hydrogen) atoms. The Hall–Kier alpha value is -1.32. The molecule has 1 aromatic carbocycles. The first-order valence-corrected chi connectivity index (χ1v) is 6.36. The van der Waals surface area contributed by atoms with E-state index >= 15 is 0 Å². The second-order valence-corrected chi connectivity index (χ2v) is 5.59. The quantitative estimate of drug-likeness (QED) is 0.892. The first kappa shape index (κ1) is 13.1. The average molecular weight is 264 g/mol. The van der Waals surface area contributed by atoms with Crippen LogP contribution in [-0.4, -0.2) is 16.6 Å². The smallest absolute Gasteiger partial charge is 0.0737 e. The maximum atomic E-state index is 5.99. The lowest BCUT2D eigenvalue weighted by molar-refractivity contribution is 0.471. The minimum atomic E-state index is -0.187. The number of rotatable bonds is 3. The van der Waals surface area contributed by atoms with Crippen LogP contribution in [0.4, 0.5) is 5.69 Å². The Morgan fingerprint density at radius 3 is 2.72 bits per heavy atom. The van der Waals surface area contributed by atoms with E-state index in [4.69, 9.17) is 17.3 Å². The van der Waals surface area contributed by atoms with Crippen LogP contribution in [0, 0.1) is 0 Å². The van der Waals surface area contributed by atoms with Crippen LogP contribution >= 0.6 is 11.6 Å². The summed E-state index contributed by atoms with van der Waals surface area (Å²) in [6.07, 6.45) is 1.78. The molecule has 3 N–H and O–H groups in total. The molecule has 1 heterocycles. The molecule has 0 saturated heterocycles. The van der Waals surface area contributed by atoms with Gasteiger partial charge < -0.3 is 11.1 Å². The molecule has 0 fully saturated rings. The number of halogens is 1. The fourth-order valence-electron chi connectivity index (χ4n) is 1.69. The van der Waals surface area contributed by atoms with Gasteiger partial charge in [0.05, 0.1) is 5.52 Å². The van der Waals surface area contributed by atoms with Crippen LogP contribution in [-0.2, 0) is 0 Å². The van der Waals surface area contributed by atoms with Crippen molar-refractivity contribution in [2.24, 2.45) is 5.73 Å². The van der Waals surface area contributed by atoms with Gasteiger partial charge in [0.2, 0.25) is 0 Å².